The van der Waals surface area contributed by atoms with Gasteiger partial charge in [0.1, 0.15) is 18.8 Å². The van der Waals surface area contributed by atoms with Crippen LogP contribution in [0.4, 0.5) is 0 Å². The largest absolute Gasteiger partial charge is 0.462 e. The van der Waals surface area contributed by atoms with Crippen LogP contribution >= 0.6 is 0 Å². The van der Waals surface area contributed by atoms with E-state index in [0.29, 0.717) is 23.7 Å². The molecular weight excluding hydrogens is 426 g/mol. The molecule has 1 heterocycles. The highest BCUT2D eigenvalue weighted by molar-refractivity contribution is 5.77. The van der Waals surface area contributed by atoms with Crippen molar-refractivity contribution in [3.63, 3.8) is 0 Å². The van der Waals surface area contributed by atoms with Gasteiger partial charge in [0.25, 0.3) is 0 Å². The second kappa shape index (κ2) is 8.91. The Bertz CT molecular complexity index is 956. The summed E-state index contributed by atoms with van der Waals surface area (Å²) in [5.74, 6) is 3.45. The lowest BCUT2D eigenvalue weighted by Crippen LogP contribution is -2.51. The number of hydrogen-bond donors (Lipinski definition) is 0. The molecule has 0 bridgehead atoms. The maximum absolute atomic E-state index is 12.5. The number of carbonyl (C=O) groups excluding carboxylic acids is 2. The fraction of sp³-hybridized carbons (Fsp3) is 0.786. The lowest BCUT2D eigenvalue weighted by atomic mass is 9.47. The molecule has 186 valence electrons. The van der Waals surface area contributed by atoms with Gasteiger partial charge in [0.15, 0.2) is 0 Å². The maximum Gasteiger partial charge on any atom is 0.302 e. The molecule has 6 heteroatoms. The van der Waals surface area contributed by atoms with Crippen molar-refractivity contribution in [1.29, 1.82) is 0 Å². The molecule has 0 spiro atoms. The molecule has 1 aromatic heterocycles. The molecule has 5 rings (SSSR count). The molecule has 8 atom stereocenters. The third-order valence-corrected chi connectivity index (χ3v) is 10.6. The van der Waals surface area contributed by atoms with Gasteiger partial charge in [0, 0.05) is 19.8 Å². The zero-order valence-electron chi connectivity index (χ0n) is 21.3. The van der Waals surface area contributed by atoms with E-state index >= 15 is 0 Å². The van der Waals surface area contributed by atoms with Crippen LogP contribution < -0.4 is 0 Å². The van der Waals surface area contributed by atoms with Crippen LogP contribution in [0.3, 0.4) is 0 Å². The van der Waals surface area contributed by atoms with Crippen molar-refractivity contribution in [2.45, 2.75) is 98.0 Å². The molecule has 1 aromatic rings. The summed E-state index contributed by atoms with van der Waals surface area (Å²) in [6.07, 6.45) is 16.5. The van der Waals surface area contributed by atoms with Crippen molar-refractivity contribution in [3.8, 4) is 0 Å². The molecule has 0 aromatic carbocycles. The third kappa shape index (κ3) is 3.95. The van der Waals surface area contributed by atoms with E-state index in [0.717, 1.165) is 43.4 Å². The highest BCUT2D eigenvalue weighted by atomic mass is 16.5. The van der Waals surface area contributed by atoms with Gasteiger partial charge in [-0.05, 0) is 91.8 Å². The van der Waals surface area contributed by atoms with Crippen LogP contribution in [0.5, 0.6) is 0 Å². The van der Waals surface area contributed by atoms with E-state index < -0.39 is 0 Å². The molecule has 0 radical (unpaired) electrons. The molecule has 0 aliphatic heterocycles. The Morgan fingerprint density at radius 3 is 2.74 bits per heavy atom. The van der Waals surface area contributed by atoms with Gasteiger partial charge >= 0.3 is 5.97 Å². The Morgan fingerprint density at radius 2 is 2.00 bits per heavy atom. The number of hydrogen-bond acceptors (Lipinski definition) is 5. The summed E-state index contributed by atoms with van der Waals surface area (Å²) < 4.78 is 6.97. The number of nitrogens with zero attached hydrogens (tertiary/aromatic N) is 3. The Labute approximate surface area is 203 Å². The predicted octanol–water partition coefficient (Wildman–Crippen LogP) is 5.85. The van der Waals surface area contributed by atoms with Gasteiger partial charge in [-0.2, -0.15) is 9.78 Å². The molecule has 0 amide bonds. The van der Waals surface area contributed by atoms with Crippen LogP contribution in [-0.4, -0.2) is 32.7 Å². The molecule has 8 unspecified atom stereocenters. The first-order chi connectivity index (χ1) is 16.2. The Hall–Kier alpha value is -1.98. The summed E-state index contributed by atoms with van der Waals surface area (Å²) in [6.45, 7) is 8.98. The fourth-order valence-corrected chi connectivity index (χ4v) is 8.94. The number of aromatic nitrogens is 3. The minimum Gasteiger partial charge on any atom is -0.462 e. The molecule has 6 nitrogen and oxygen atoms in total. The van der Waals surface area contributed by atoms with Gasteiger partial charge in [-0.1, -0.05) is 32.4 Å². The van der Waals surface area contributed by atoms with Crippen molar-refractivity contribution in [1.82, 2.24) is 14.8 Å². The summed E-state index contributed by atoms with van der Waals surface area (Å²) in [6, 6.07) is 0. The van der Waals surface area contributed by atoms with Crippen molar-refractivity contribution in [2.75, 3.05) is 0 Å². The van der Waals surface area contributed by atoms with Crippen molar-refractivity contribution >= 4 is 11.9 Å². The topological polar surface area (TPSA) is 74.1 Å². The lowest BCUT2D eigenvalue weighted by molar-refractivity contribution is -0.148. The second-order valence-corrected chi connectivity index (χ2v) is 12.2. The van der Waals surface area contributed by atoms with Crippen LogP contribution in [0.2, 0.25) is 0 Å². The van der Waals surface area contributed by atoms with E-state index in [4.69, 9.17) is 4.74 Å². The molecular formula is C28H41N3O3. The first-order valence-corrected chi connectivity index (χ1v) is 13.5. The highest BCUT2D eigenvalue weighted by Gasteiger charge is 2.59. The van der Waals surface area contributed by atoms with Gasteiger partial charge in [-0.25, -0.2) is 4.98 Å². The van der Waals surface area contributed by atoms with E-state index in [1.807, 2.05) is 0 Å². The van der Waals surface area contributed by atoms with Crippen LogP contribution in [0.25, 0.3) is 0 Å². The minimum absolute atomic E-state index is 0.0509. The summed E-state index contributed by atoms with van der Waals surface area (Å²) in [7, 11) is 0. The maximum atomic E-state index is 12.5. The summed E-state index contributed by atoms with van der Waals surface area (Å²) in [4.78, 5) is 27.9. The zero-order chi connectivity index (χ0) is 24.1. The van der Waals surface area contributed by atoms with E-state index in [9.17, 15) is 9.59 Å². The fourth-order valence-electron chi connectivity index (χ4n) is 8.94. The number of allylic oxidation sites excluding steroid dienone is 1. The monoisotopic (exact) mass is 467 g/mol. The number of rotatable bonds is 5. The standard InChI is InChI=1S/C28H41N3O3/c1-18(5-10-26(33)31-17-29-16-30-31)23-8-9-24-22-7-6-20-15-21(34-19(2)32)11-13-27(20,3)25(22)12-14-28(23,24)4/h6,16-18,21-25H,5,7-15H2,1-4H3. The van der Waals surface area contributed by atoms with Gasteiger partial charge < -0.3 is 4.74 Å². The SMILES string of the molecule is CC(=O)OC1CCC2(C)C(=CCC3C2CCC2(C)C(C(C)CCC(=O)n4cncn4)CCC32)C1. The van der Waals surface area contributed by atoms with Crippen molar-refractivity contribution in [3.05, 3.63) is 24.3 Å². The zero-order valence-corrected chi connectivity index (χ0v) is 21.3. The molecule has 0 N–H and O–H groups in total. The summed E-state index contributed by atoms with van der Waals surface area (Å²) in [5, 5.41) is 4.00. The second-order valence-electron chi connectivity index (χ2n) is 12.2. The van der Waals surface area contributed by atoms with E-state index in [2.05, 4.69) is 36.9 Å². The number of ether oxygens (including phenoxy) is 1. The van der Waals surface area contributed by atoms with Gasteiger partial charge in [-0.15, -0.1) is 0 Å². The highest BCUT2D eigenvalue weighted by Crippen LogP contribution is 2.67. The summed E-state index contributed by atoms with van der Waals surface area (Å²) in [5.41, 5.74) is 2.21. The molecule has 4 aliphatic carbocycles. The summed E-state index contributed by atoms with van der Waals surface area (Å²) >= 11 is 0. The first-order valence-electron chi connectivity index (χ1n) is 13.5. The Morgan fingerprint density at radius 1 is 1.18 bits per heavy atom. The van der Waals surface area contributed by atoms with Crippen LogP contribution in [0, 0.1) is 40.4 Å². The quantitative estimate of drug-likeness (QED) is 0.401. The normalized spacial score (nSPS) is 39.9. The lowest BCUT2D eigenvalue weighted by Gasteiger charge is -2.58. The van der Waals surface area contributed by atoms with Crippen LogP contribution in [-0.2, 0) is 9.53 Å². The van der Waals surface area contributed by atoms with E-state index in [1.165, 1.54) is 56.4 Å². The Balaban J connectivity index is 1.27. The predicted molar refractivity (Wildman–Crippen MR) is 130 cm³/mol. The van der Waals surface area contributed by atoms with Gasteiger partial charge in [0.05, 0.1) is 0 Å². The average Bonchev–Trinajstić information content (AvgIpc) is 3.45. The minimum atomic E-state index is -0.148. The molecule has 0 saturated heterocycles. The van der Waals surface area contributed by atoms with Gasteiger partial charge in [0.2, 0.25) is 5.91 Å². The third-order valence-electron chi connectivity index (χ3n) is 10.6. The van der Waals surface area contributed by atoms with E-state index in [1.54, 1.807) is 5.57 Å². The van der Waals surface area contributed by atoms with Crippen molar-refractivity contribution in [2.24, 2.45) is 40.4 Å². The number of carbonyl (C=O) groups is 2. The van der Waals surface area contributed by atoms with Crippen LogP contribution in [0.1, 0.15) is 96.7 Å². The Kier molecular flexibility index (Phi) is 6.22. The number of esters is 1. The number of fused-ring (bicyclic) bond motifs is 5. The van der Waals surface area contributed by atoms with Crippen LogP contribution in [0.15, 0.2) is 24.3 Å². The smallest absolute Gasteiger partial charge is 0.302 e. The van der Waals surface area contributed by atoms with Gasteiger partial charge in [-0.3, -0.25) is 9.59 Å². The first kappa shape index (κ1) is 23.7. The van der Waals surface area contributed by atoms with E-state index in [-0.39, 0.29) is 23.4 Å². The average molecular weight is 468 g/mol. The molecule has 34 heavy (non-hydrogen) atoms. The molecule has 3 saturated carbocycles. The molecule has 3 fully saturated rings. The van der Waals surface area contributed by atoms with Crippen molar-refractivity contribution < 1.29 is 14.3 Å². The molecule has 4 aliphatic rings.